The molecule has 0 bridgehead atoms. The van der Waals surface area contributed by atoms with Crippen molar-refractivity contribution in [2.45, 2.75) is 20.3 Å². The van der Waals surface area contributed by atoms with Gasteiger partial charge in [-0.1, -0.05) is 24.3 Å². The molecule has 118 valence electrons. The molecule has 0 amide bonds. The van der Waals surface area contributed by atoms with E-state index in [2.05, 4.69) is 64.9 Å². The van der Waals surface area contributed by atoms with Crippen molar-refractivity contribution >= 4 is 34.5 Å². The van der Waals surface area contributed by atoms with E-state index in [0.29, 0.717) is 5.11 Å². The summed E-state index contributed by atoms with van der Waals surface area (Å²) in [5.41, 5.74) is 7.83. The fourth-order valence-electron chi connectivity index (χ4n) is 2.69. The number of anilines is 2. The van der Waals surface area contributed by atoms with Crippen LogP contribution in [0.5, 0.6) is 0 Å². The predicted molar refractivity (Wildman–Crippen MR) is 101 cm³/mol. The van der Waals surface area contributed by atoms with Gasteiger partial charge in [0.1, 0.15) is 5.84 Å². The van der Waals surface area contributed by atoms with Crippen molar-refractivity contribution in [1.82, 2.24) is 5.43 Å². The van der Waals surface area contributed by atoms with Gasteiger partial charge < -0.3 is 5.32 Å². The van der Waals surface area contributed by atoms with Crippen LogP contribution in [-0.4, -0.2) is 17.5 Å². The minimum atomic E-state index is 0.479. The SMILES string of the molecule is Cc1cc(C)cc(NC(=S)/N=C2\CCN(c3ccccc3)N2)c1. The maximum atomic E-state index is 5.36. The second kappa shape index (κ2) is 6.79. The van der Waals surface area contributed by atoms with Crippen LogP contribution in [-0.2, 0) is 0 Å². The van der Waals surface area contributed by atoms with Crippen LogP contribution in [0.3, 0.4) is 0 Å². The molecule has 0 radical (unpaired) electrons. The van der Waals surface area contributed by atoms with E-state index in [1.807, 2.05) is 18.2 Å². The first-order valence-corrected chi connectivity index (χ1v) is 8.07. The Morgan fingerprint density at radius 3 is 2.52 bits per heavy atom. The van der Waals surface area contributed by atoms with Crippen LogP contribution >= 0.6 is 12.2 Å². The zero-order valence-electron chi connectivity index (χ0n) is 13.3. The molecular weight excluding hydrogens is 304 g/mol. The van der Waals surface area contributed by atoms with Crippen molar-refractivity contribution in [3.8, 4) is 0 Å². The molecule has 1 aliphatic rings. The molecule has 2 aromatic carbocycles. The number of rotatable bonds is 2. The van der Waals surface area contributed by atoms with Crippen LogP contribution in [0.2, 0.25) is 0 Å². The van der Waals surface area contributed by atoms with E-state index in [4.69, 9.17) is 12.2 Å². The van der Waals surface area contributed by atoms with E-state index in [-0.39, 0.29) is 0 Å². The quantitative estimate of drug-likeness (QED) is 0.824. The number of nitrogens with zero attached hydrogens (tertiary/aromatic N) is 2. The molecule has 1 saturated heterocycles. The van der Waals surface area contributed by atoms with Crippen LogP contribution in [0.4, 0.5) is 11.4 Å². The molecule has 0 unspecified atom stereocenters. The highest BCUT2D eigenvalue weighted by Gasteiger charge is 2.17. The van der Waals surface area contributed by atoms with Crippen LogP contribution in [0.1, 0.15) is 17.5 Å². The molecule has 4 nitrogen and oxygen atoms in total. The number of hydrazine groups is 1. The Bertz CT molecular complexity index is 720. The van der Waals surface area contributed by atoms with Gasteiger partial charge in [-0.05, 0) is 61.5 Å². The second-order valence-corrected chi connectivity index (χ2v) is 6.10. The number of hydrogen-bond donors (Lipinski definition) is 2. The van der Waals surface area contributed by atoms with Gasteiger partial charge in [0, 0.05) is 18.7 Å². The summed E-state index contributed by atoms with van der Waals surface area (Å²) in [5.74, 6) is 0.885. The summed E-state index contributed by atoms with van der Waals surface area (Å²) in [6.45, 7) is 5.03. The van der Waals surface area contributed by atoms with E-state index in [1.165, 1.54) is 11.1 Å². The van der Waals surface area contributed by atoms with E-state index >= 15 is 0 Å². The molecule has 1 fully saturated rings. The summed E-state index contributed by atoms with van der Waals surface area (Å²) < 4.78 is 0. The zero-order chi connectivity index (χ0) is 16.2. The molecule has 2 aromatic rings. The van der Waals surface area contributed by atoms with Crippen molar-refractivity contribution < 1.29 is 0 Å². The minimum absolute atomic E-state index is 0.479. The number of aryl methyl sites for hydroxylation is 2. The zero-order valence-corrected chi connectivity index (χ0v) is 14.2. The second-order valence-electron chi connectivity index (χ2n) is 5.71. The first-order valence-electron chi connectivity index (χ1n) is 7.66. The fraction of sp³-hybridized carbons (Fsp3) is 0.222. The van der Waals surface area contributed by atoms with Gasteiger partial charge in [-0.15, -0.1) is 0 Å². The Balaban J connectivity index is 1.64. The minimum Gasteiger partial charge on any atom is -0.331 e. The molecule has 1 aliphatic heterocycles. The maximum absolute atomic E-state index is 5.36. The van der Waals surface area contributed by atoms with Gasteiger partial charge in [-0.2, -0.15) is 0 Å². The number of aliphatic imine (C=N–C) groups is 1. The lowest BCUT2D eigenvalue weighted by molar-refractivity contribution is 0.858. The van der Waals surface area contributed by atoms with Gasteiger partial charge in [-0.3, -0.25) is 10.4 Å². The Labute approximate surface area is 142 Å². The molecule has 0 aliphatic carbocycles. The van der Waals surface area contributed by atoms with Crippen molar-refractivity contribution in [3.63, 3.8) is 0 Å². The molecule has 0 saturated carbocycles. The van der Waals surface area contributed by atoms with E-state index in [9.17, 15) is 0 Å². The number of thiocarbonyl (C=S) groups is 1. The van der Waals surface area contributed by atoms with Crippen LogP contribution < -0.4 is 15.8 Å². The molecule has 1 heterocycles. The lowest BCUT2D eigenvalue weighted by Gasteiger charge is -2.17. The number of para-hydroxylation sites is 1. The lowest BCUT2D eigenvalue weighted by atomic mass is 10.1. The smallest absolute Gasteiger partial charge is 0.198 e. The summed E-state index contributed by atoms with van der Waals surface area (Å²) in [6, 6.07) is 16.5. The average molecular weight is 324 g/mol. The van der Waals surface area contributed by atoms with Crippen LogP contribution in [0, 0.1) is 13.8 Å². The van der Waals surface area contributed by atoms with Gasteiger partial charge >= 0.3 is 0 Å². The molecule has 3 rings (SSSR count). The molecule has 0 aromatic heterocycles. The van der Waals surface area contributed by atoms with Crippen molar-refractivity contribution in [3.05, 3.63) is 59.7 Å². The monoisotopic (exact) mass is 324 g/mol. The third-order valence-corrected chi connectivity index (χ3v) is 3.81. The third kappa shape index (κ3) is 4.07. The van der Waals surface area contributed by atoms with Crippen LogP contribution in [0.15, 0.2) is 53.5 Å². The molecule has 2 N–H and O–H groups in total. The van der Waals surface area contributed by atoms with Gasteiger partial charge in [0.25, 0.3) is 0 Å². The fourth-order valence-corrected chi connectivity index (χ4v) is 2.92. The first kappa shape index (κ1) is 15.5. The summed E-state index contributed by atoms with van der Waals surface area (Å²) in [6.07, 6.45) is 0.851. The lowest BCUT2D eigenvalue weighted by Crippen LogP contribution is -2.33. The molecular formula is C18H20N4S. The van der Waals surface area contributed by atoms with Gasteiger partial charge in [-0.25, -0.2) is 4.99 Å². The van der Waals surface area contributed by atoms with E-state index < -0.39 is 0 Å². The summed E-state index contributed by atoms with van der Waals surface area (Å²) in [5, 5.41) is 5.75. The number of benzene rings is 2. The summed E-state index contributed by atoms with van der Waals surface area (Å²) in [7, 11) is 0. The molecule has 0 atom stereocenters. The largest absolute Gasteiger partial charge is 0.331 e. The Hall–Kier alpha value is -2.40. The summed E-state index contributed by atoms with van der Waals surface area (Å²) in [4.78, 5) is 4.49. The summed E-state index contributed by atoms with van der Waals surface area (Å²) >= 11 is 5.36. The third-order valence-electron chi connectivity index (χ3n) is 3.61. The molecule has 5 heteroatoms. The Kier molecular flexibility index (Phi) is 4.57. The first-order chi connectivity index (χ1) is 11.1. The number of hydrogen-bond acceptors (Lipinski definition) is 2. The van der Waals surface area contributed by atoms with Crippen molar-refractivity contribution in [1.29, 1.82) is 0 Å². The Morgan fingerprint density at radius 2 is 1.83 bits per heavy atom. The van der Waals surface area contributed by atoms with Gasteiger partial charge in [0.2, 0.25) is 0 Å². The van der Waals surface area contributed by atoms with Gasteiger partial charge in [0.15, 0.2) is 5.11 Å². The normalized spacial score (nSPS) is 15.6. The number of amidine groups is 1. The number of nitrogens with one attached hydrogen (secondary N) is 2. The van der Waals surface area contributed by atoms with E-state index in [0.717, 1.165) is 30.2 Å². The predicted octanol–water partition coefficient (Wildman–Crippen LogP) is 3.81. The molecule has 0 spiro atoms. The van der Waals surface area contributed by atoms with Gasteiger partial charge in [0.05, 0.1) is 5.69 Å². The van der Waals surface area contributed by atoms with Crippen molar-refractivity contribution in [2.75, 3.05) is 16.9 Å². The molecule has 23 heavy (non-hydrogen) atoms. The van der Waals surface area contributed by atoms with E-state index in [1.54, 1.807) is 0 Å². The highest BCUT2D eigenvalue weighted by Crippen LogP contribution is 2.16. The van der Waals surface area contributed by atoms with Crippen LogP contribution in [0.25, 0.3) is 0 Å². The maximum Gasteiger partial charge on any atom is 0.198 e. The standard InChI is InChI=1S/C18H20N4S/c1-13-10-14(2)12-15(11-13)19-18(23)20-17-8-9-22(21-17)16-6-4-3-5-7-16/h3-7,10-12H,8-9H2,1-2H3,(H2,19,20,21,23). The average Bonchev–Trinajstić information content (AvgIpc) is 2.95. The Morgan fingerprint density at radius 1 is 1.13 bits per heavy atom. The highest BCUT2D eigenvalue weighted by atomic mass is 32.1. The van der Waals surface area contributed by atoms with Crippen molar-refractivity contribution in [2.24, 2.45) is 4.99 Å². The highest BCUT2D eigenvalue weighted by molar-refractivity contribution is 7.80. The topological polar surface area (TPSA) is 39.7 Å².